The number of nitrogens with zero attached hydrogens (tertiary/aromatic N) is 1. The van der Waals surface area contributed by atoms with Crippen LogP contribution in [-0.4, -0.2) is 16.6 Å². The lowest BCUT2D eigenvalue weighted by Gasteiger charge is -2.40. The number of Topliss-reactive ketones (excluding diaryl/α,β-unsaturated/α-hetero) is 1. The van der Waals surface area contributed by atoms with Crippen molar-refractivity contribution in [3.8, 4) is 0 Å². The number of hydrogen-bond donors (Lipinski definition) is 0. The average molecular weight is 292 g/mol. The van der Waals surface area contributed by atoms with Crippen LogP contribution >= 0.6 is 22.9 Å². The number of hydrogen-bond acceptors (Lipinski definition) is 3. The molecule has 1 aliphatic carbocycles. The summed E-state index contributed by atoms with van der Waals surface area (Å²) >= 11 is 7.17. The van der Waals surface area contributed by atoms with E-state index in [1.165, 1.54) is 12.0 Å². The molecule has 1 aliphatic rings. The summed E-state index contributed by atoms with van der Waals surface area (Å²) < 4.78 is 0. The summed E-state index contributed by atoms with van der Waals surface area (Å²) in [4.78, 5) is 16.1. The van der Waals surface area contributed by atoms with Crippen LogP contribution in [0, 0.1) is 0 Å². The number of halogens is 1. The number of ketones is 1. The molecule has 1 aromatic carbocycles. The van der Waals surface area contributed by atoms with E-state index in [0.717, 1.165) is 17.8 Å². The number of benzene rings is 1. The van der Waals surface area contributed by atoms with Gasteiger partial charge >= 0.3 is 0 Å². The van der Waals surface area contributed by atoms with Gasteiger partial charge in [-0.25, -0.2) is 4.98 Å². The molecule has 0 atom stereocenters. The van der Waals surface area contributed by atoms with Gasteiger partial charge in [0.1, 0.15) is 10.7 Å². The van der Waals surface area contributed by atoms with Crippen molar-refractivity contribution in [1.82, 2.24) is 4.98 Å². The molecule has 0 aliphatic heterocycles. The zero-order valence-electron chi connectivity index (χ0n) is 10.4. The summed E-state index contributed by atoms with van der Waals surface area (Å²) in [5.41, 5.74) is 1.84. The Morgan fingerprint density at radius 3 is 2.63 bits per heavy atom. The quantitative estimate of drug-likeness (QED) is 0.629. The summed E-state index contributed by atoms with van der Waals surface area (Å²) in [5, 5.41) is 2.89. The number of rotatable bonds is 4. The van der Waals surface area contributed by atoms with E-state index in [1.54, 1.807) is 11.3 Å². The molecular weight excluding hydrogens is 278 g/mol. The Bertz CT molecular complexity index is 589. The van der Waals surface area contributed by atoms with Crippen LogP contribution in [0.1, 0.15) is 40.3 Å². The summed E-state index contributed by atoms with van der Waals surface area (Å²) in [6, 6.07) is 10.5. The summed E-state index contributed by atoms with van der Waals surface area (Å²) in [7, 11) is 0. The van der Waals surface area contributed by atoms with E-state index in [1.807, 2.05) is 11.4 Å². The minimum atomic E-state index is -0.0910. The van der Waals surface area contributed by atoms with Gasteiger partial charge < -0.3 is 0 Å². The van der Waals surface area contributed by atoms with Crippen LogP contribution in [0.3, 0.4) is 0 Å². The smallest absolute Gasteiger partial charge is 0.196 e. The molecule has 1 saturated carbocycles. The molecule has 19 heavy (non-hydrogen) atoms. The highest BCUT2D eigenvalue weighted by molar-refractivity contribution is 7.10. The molecule has 3 rings (SSSR count). The molecule has 0 unspecified atom stereocenters. The second-order valence-electron chi connectivity index (χ2n) is 4.90. The maximum Gasteiger partial charge on any atom is 0.196 e. The zero-order chi connectivity index (χ0) is 13.3. The third kappa shape index (κ3) is 2.11. The molecular formula is C15H14ClNOS. The van der Waals surface area contributed by atoms with Crippen molar-refractivity contribution >= 4 is 28.7 Å². The first kappa shape index (κ1) is 12.8. The zero-order valence-corrected chi connectivity index (χ0v) is 12.0. The molecule has 1 heterocycles. The third-order valence-corrected chi connectivity index (χ3v) is 5.14. The standard InChI is InChI=1S/C15H14ClNOS/c16-9-13(18)12-10-19-14(17-12)15(7-4-8-15)11-5-2-1-3-6-11/h1-3,5-6,10H,4,7-9H2. The van der Waals surface area contributed by atoms with Gasteiger partial charge in [-0.3, -0.25) is 4.79 Å². The van der Waals surface area contributed by atoms with Gasteiger partial charge in [-0.2, -0.15) is 0 Å². The van der Waals surface area contributed by atoms with Crippen molar-refractivity contribution in [1.29, 1.82) is 0 Å². The predicted molar refractivity (Wildman–Crippen MR) is 78.2 cm³/mol. The average Bonchev–Trinajstić information content (AvgIpc) is 2.88. The van der Waals surface area contributed by atoms with Crippen molar-refractivity contribution in [3.63, 3.8) is 0 Å². The van der Waals surface area contributed by atoms with Crippen molar-refractivity contribution in [2.45, 2.75) is 24.7 Å². The van der Waals surface area contributed by atoms with Gasteiger partial charge in [0, 0.05) is 10.8 Å². The van der Waals surface area contributed by atoms with Crippen molar-refractivity contribution in [2.24, 2.45) is 0 Å². The summed E-state index contributed by atoms with van der Waals surface area (Å²) in [6.07, 6.45) is 3.44. The second kappa shape index (κ2) is 5.06. The molecule has 0 radical (unpaired) electrons. The molecule has 0 N–H and O–H groups in total. The number of alkyl halides is 1. The predicted octanol–water partition coefficient (Wildman–Crippen LogP) is 4.03. The van der Waals surface area contributed by atoms with Crippen LogP contribution < -0.4 is 0 Å². The van der Waals surface area contributed by atoms with Crippen molar-refractivity contribution in [2.75, 3.05) is 5.88 Å². The van der Waals surface area contributed by atoms with Gasteiger partial charge in [0.2, 0.25) is 0 Å². The Labute approximate surface area is 121 Å². The highest BCUT2D eigenvalue weighted by Crippen LogP contribution is 2.49. The normalized spacial score (nSPS) is 16.9. The molecule has 2 nitrogen and oxygen atoms in total. The minimum absolute atomic E-state index is 0.00150. The minimum Gasteiger partial charge on any atom is -0.291 e. The Balaban J connectivity index is 1.99. The SMILES string of the molecule is O=C(CCl)c1csc(C2(c3ccccc3)CCC2)n1. The van der Waals surface area contributed by atoms with Gasteiger partial charge in [-0.05, 0) is 18.4 Å². The first-order valence-electron chi connectivity index (χ1n) is 6.37. The molecule has 0 bridgehead atoms. The molecule has 4 heteroatoms. The molecule has 98 valence electrons. The fraction of sp³-hybridized carbons (Fsp3) is 0.333. The van der Waals surface area contributed by atoms with E-state index >= 15 is 0 Å². The van der Waals surface area contributed by atoms with Crippen LogP contribution in [0.2, 0.25) is 0 Å². The van der Waals surface area contributed by atoms with Crippen LogP contribution in [0.15, 0.2) is 35.7 Å². The fourth-order valence-electron chi connectivity index (χ4n) is 2.60. The van der Waals surface area contributed by atoms with Crippen molar-refractivity contribution < 1.29 is 4.79 Å². The molecule has 1 aromatic heterocycles. The summed E-state index contributed by atoms with van der Waals surface area (Å²) in [5.74, 6) is -0.0895. The lowest BCUT2D eigenvalue weighted by atomic mass is 9.65. The van der Waals surface area contributed by atoms with E-state index in [0.29, 0.717) is 5.69 Å². The second-order valence-corrected chi connectivity index (χ2v) is 6.02. The molecule has 1 fully saturated rings. The topological polar surface area (TPSA) is 30.0 Å². The lowest BCUT2D eigenvalue weighted by Crippen LogP contribution is -2.35. The highest BCUT2D eigenvalue weighted by Gasteiger charge is 2.42. The Morgan fingerprint density at radius 1 is 1.32 bits per heavy atom. The van der Waals surface area contributed by atoms with Gasteiger partial charge in [0.05, 0.1) is 5.88 Å². The van der Waals surface area contributed by atoms with E-state index in [-0.39, 0.29) is 17.1 Å². The number of carbonyl (C=O) groups excluding carboxylic acids is 1. The number of thiazole rings is 1. The summed E-state index contributed by atoms with van der Waals surface area (Å²) in [6.45, 7) is 0. The first-order chi connectivity index (χ1) is 9.26. The maximum atomic E-state index is 11.6. The van der Waals surface area contributed by atoms with Crippen LogP contribution in [-0.2, 0) is 5.41 Å². The van der Waals surface area contributed by atoms with Crippen molar-refractivity contribution in [3.05, 3.63) is 52.0 Å². The number of carbonyl (C=O) groups is 1. The van der Waals surface area contributed by atoms with E-state index in [2.05, 4.69) is 29.2 Å². The van der Waals surface area contributed by atoms with Gasteiger partial charge in [-0.15, -0.1) is 22.9 Å². The highest BCUT2D eigenvalue weighted by atomic mass is 35.5. The first-order valence-corrected chi connectivity index (χ1v) is 7.78. The fourth-order valence-corrected chi connectivity index (χ4v) is 3.85. The monoisotopic (exact) mass is 291 g/mol. The Morgan fingerprint density at radius 2 is 2.05 bits per heavy atom. The van der Waals surface area contributed by atoms with E-state index in [9.17, 15) is 4.79 Å². The molecule has 0 saturated heterocycles. The number of aromatic nitrogens is 1. The molecule has 0 amide bonds. The van der Waals surface area contributed by atoms with Gasteiger partial charge in [0.25, 0.3) is 0 Å². The van der Waals surface area contributed by atoms with E-state index in [4.69, 9.17) is 11.6 Å². The Hall–Kier alpha value is -1.19. The van der Waals surface area contributed by atoms with E-state index < -0.39 is 0 Å². The van der Waals surface area contributed by atoms with Gasteiger partial charge in [0.15, 0.2) is 5.78 Å². The van der Waals surface area contributed by atoms with Crippen LogP contribution in [0.4, 0.5) is 0 Å². The maximum absolute atomic E-state index is 11.6. The van der Waals surface area contributed by atoms with Gasteiger partial charge in [-0.1, -0.05) is 36.8 Å². The van der Waals surface area contributed by atoms with Crippen LogP contribution in [0.5, 0.6) is 0 Å². The lowest BCUT2D eigenvalue weighted by molar-refractivity contribution is 0.101. The van der Waals surface area contributed by atoms with Crippen LogP contribution in [0.25, 0.3) is 0 Å². The molecule has 0 spiro atoms. The molecule has 2 aromatic rings. The Kier molecular flexibility index (Phi) is 3.42. The largest absolute Gasteiger partial charge is 0.291 e. The third-order valence-electron chi connectivity index (χ3n) is 3.85.